The molecule has 0 fully saturated rings. The Balaban J connectivity index is 2.42. The van der Waals surface area contributed by atoms with E-state index in [1.165, 1.54) is 5.56 Å². The third kappa shape index (κ3) is 1.89. The van der Waals surface area contributed by atoms with E-state index in [9.17, 15) is 0 Å². The van der Waals surface area contributed by atoms with Crippen LogP contribution < -0.4 is 5.73 Å². The topological polar surface area (TPSA) is 41.6 Å². The van der Waals surface area contributed by atoms with Gasteiger partial charge in [-0.3, -0.25) is 4.99 Å². The molecule has 17 heavy (non-hydrogen) atoms. The molecular weight excluding hydrogens is 234 g/mol. The molecule has 1 aliphatic rings. The Morgan fingerprint density at radius 1 is 1.35 bits per heavy atom. The van der Waals surface area contributed by atoms with Crippen molar-refractivity contribution in [3.63, 3.8) is 0 Å². The zero-order valence-corrected chi connectivity index (χ0v) is 11.0. The summed E-state index contributed by atoms with van der Waals surface area (Å²) in [6, 6.07) is 8.00. The molecule has 1 heterocycles. The van der Waals surface area contributed by atoms with Crippen molar-refractivity contribution < 1.29 is 0 Å². The van der Waals surface area contributed by atoms with E-state index in [2.05, 4.69) is 35.9 Å². The van der Waals surface area contributed by atoms with Crippen molar-refractivity contribution in [3.05, 3.63) is 34.9 Å². The number of hydrogen-bond acceptors (Lipinski definition) is 3. The Bertz CT molecular complexity index is 427. The molecule has 1 aromatic rings. The number of guanidine groups is 1. The van der Waals surface area contributed by atoms with E-state index in [4.69, 9.17) is 17.3 Å². The third-order valence-corrected chi connectivity index (χ3v) is 3.83. The van der Waals surface area contributed by atoms with Crippen molar-refractivity contribution in [2.24, 2.45) is 10.7 Å². The molecular formula is C13H18ClN3. The fourth-order valence-electron chi connectivity index (χ4n) is 2.58. The summed E-state index contributed by atoms with van der Waals surface area (Å²) in [6.45, 7) is 5.87. The van der Waals surface area contributed by atoms with E-state index < -0.39 is 0 Å². The highest BCUT2D eigenvalue weighted by Crippen LogP contribution is 2.36. The van der Waals surface area contributed by atoms with Crippen LogP contribution >= 0.6 is 11.6 Å². The maximum Gasteiger partial charge on any atom is 0.192 e. The standard InChI is InChI=1S/C13H18ClN3/c1-3-13(9-16-12(15)17(13)4-2)10-5-7-11(14)8-6-10/h5-8H,3-4,9H2,1-2H3,(H2,15,16). The SMILES string of the molecule is CCN1C(N)=NCC1(CC)c1ccc(Cl)cc1. The van der Waals surface area contributed by atoms with E-state index >= 15 is 0 Å². The monoisotopic (exact) mass is 251 g/mol. The van der Waals surface area contributed by atoms with Gasteiger partial charge in [-0.05, 0) is 31.0 Å². The lowest BCUT2D eigenvalue weighted by molar-refractivity contribution is 0.202. The van der Waals surface area contributed by atoms with Crippen LogP contribution in [0.4, 0.5) is 0 Å². The van der Waals surface area contributed by atoms with Crippen LogP contribution in [0.15, 0.2) is 29.3 Å². The van der Waals surface area contributed by atoms with Crippen molar-refractivity contribution >= 4 is 17.6 Å². The predicted octanol–water partition coefficient (Wildman–Crippen LogP) is 2.60. The molecule has 0 amide bonds. The van der Waals surface area contributed by atoms with Gasteiger partial charge in [0.05, 0.1) is 12.1 Å². The van der Waals surface area contributed by atoms with Gasteiger partial charge in [-0.15, -0.1) is 0 Å². The first-order chi connectivity index (χ1) is 8.14. The van der Waals surface area contributed by atoms with Gasteiger partial charge in [0, 0.05) is 11.6 Å². The molecule has 1 unspecified atom stereocenters. The van der Waals surface area contributed by atoms with E-state index in [-0.39, 0.29) is 5.54 Å². The number of nitrogens with zero attached hydrogens (tertiary/aromatic N) is 2. The predicted molar refractivity (Wildman–Crippen MR) is 72.3 cm³/mol. The third-order valence-electron chi connectivity index (χ3n) is 3.58. The lowest BCUT2D eigenvalue weighted by Gasteiger charge is -2.38. The highest BCUT2D eigenvalue weighted by Gasteiger charge is 2.41. The van der Waals surface area contributed by atoms with Crippen LogP contribution in [-0.4, -0.2) is 23.9 Å². The van der Waals surface area contributed by atoms with Gasteiger partial charge in [0.25, 0.3) is 0 Å². The van der Waals surface area contributed by atoms with Crippen molar-refractivity contribution in [3.8, 4) is 0 Å². The Morgan fingerprint density at radius 3 is 2.53 bits per heavy atom. The van der Waals surface area contributed by atoms with Crippen LogP contribution in [-0.2, 0) is 5.54 Å². The summed E-state index contributed by atoms with van der Waals surface area (Å²) >= 11 is 5.94. The molecule has 0 bridgehead atoms. The minimum Gasteiger partial charge on any atom is -0.370 e. The van der Waals surface area contributed by atoms with Crippen molar-refractivity contribution in [1.29, 1.82) is 0 Å². The zero-order chi connectivity index (χ0) is 12.5. The molecule has 0 aromatic heterocycles. The van der Waals surface area contributed by atoms with Gasteiger partial charge in [-0.2, -0.15) is 0 Å². The maximum atomic E-state index is 5.96. The fourth-order valence-corrected chi connectivity index (χ4v) is 2.71. The highest BCUT2D eigenvalue weighted by molar-refractivity contribution is 6.30. The minimum atomic E-state index is -0.0938. The molecule has 4 heteroatoms. The number of likely N-dealkylation sites (N-methyl/N-ethyl adjacent to an activating group) is 1. The minimum absolute atomic E-state index is 0.0938. The summed E-state index contributed by atoms with van der Waals surface area (Å²) < 4.78 is 0. The summed E-state index contributed by atoms with van der Waals surface area (Å²) in [5, 5.41) is 0.759. The molecule has 0 aliphatic carbocycles. The summed E-state index contributed by atoms with van der Waals surface area (Å²) in [5.74, 6) is 0.643. The average molecular weight is 252 g/mol. The van der Waals surface area contributed by atoms with E-state index in [0.29, 0.717) is 5.96 Å². The second kappa shape index (κ2) is 4.57. The second-order valence-electron chi connectivity index (χ2n) is 4.31. The van der Waals surface area contributed by atoms with Crippen LogP contribution in [0.5, 0.6) is 0 Å². The van der Waals surface area contributed by atoms with Gasteiger partial charge in [0.1, 0.15) is 0 Å². The van der Waals surface area contributed by atoms with Gasteiger partial charge < -0.3 is 10.6 Å². The first-order valence-corrected chi connectivity index (χ1v) is 6.35. The molecule has 0 spiro atoms. The molecule has 1 atom stereocenters. The highest BCUT2D eigenvalue weighted by atomic mass is 35.5. The molecule has 2 N–H and O–H groups in total. The number of halogens is 1. The van der Waals surface area contributed by atoms with Crippen LogP contribution in [0.2, 0.25) is 5.02 Å². The van der Waals surface area contributed by atoms with Crippen LogP contribution in [0.3, 0.4) is 0 Å². The Hall–Kier alpha value is -1.22. The summed E-state index contributed by atoms with van der Waals surface area (Å²) in [4.78, 5) is 6.58. The number of rotatable bonds is 3. The largest absolute Gasteiger partial charge is 0.370 e. The van der Waals surface area contributed by atoms with Gasteiger partial charge in [0.15, 0.2) is 5.96 Å². The van der Waals surface area contributed by atoms with Gasteiger partial charge in [-0.1, -0.05) is 30.7 Å². The smallest absolute Gasteiger partial charge is 0.192 e. The molecule has 0 saturated heterocycles. The summed E-state index contributed by atoms with van der Waals surface area (Å²) in [6.07, 6.45) is 0.979. The lowest BCUT2D eigenvalue weighted by atomic mass is 9.86. The van der Waals surface area contributed by atoms with E-state index in [1.54, 1.807) is 0 Å². The maximum absolute atomic E-state index is 5.96. The number of aliphatic imine (C=N–C) groups is 1. The second-order valence-corrected chi connectivity index (χ2v) is 4.75. The molecule has 2 rings (SSSR count). The Labute approximate surface area is 107 Å². The molecule has 0 saturated carbocycles. The number of hydrogen-bond donors (Lipinski definition) is 1. The first-order valence-electron chi connectivity index (χ1n) is 5.97. The lowest BCUT2D eigenvalue weighted by Crippen LogP contribution is -2.48. The van der Waals surface area contributed by atoms with Crippen LogP contribution in [0.1, 0.15) is 25.8 Å². The Morgan fingerprint density at radius 2 is 2.00 bits per heavy atom. The Kier molecular flexibility index (Phi) is 3.29. The molecule has 3 nitrogen and oxygen atoms in total. The quantitative estimate of drug-likeness (QED) is 0.897. The number of nitrogens with two attached hydrogens (primary N) is 1. The van der Waals surface area contributed by atoms with E-state index in [0.717, 1.165) is 24.5 Å². The van der Waals surface area contributed by atoms with Crippen molar-refractivity contribution in [2.75, 3.05) is 13.1 Å². The average Bonchev–Trinajstić information content (AvgIpc) is 2.67. The van der Waals surface area contributed by atoms with Crippen LogP contribution in [0.25, 0.3) is 0 Å². The van der Waals surface area contributed by atoms with E-state index in [1.807, 2.05) is 12.1 Å². The molecule has 1 aliphatic heterocycles. The van der Waals surface area contributed by atoms with Gasteiger partial charge in [0.2, 0.25) is 0 Å². The molecule has 1 aromatic carbocycles. The first kappa shape index (κ1) is 12.2. The van der Waals surface area contributed by atoms with Crippen LogP contribution in [0, 0.1) is 0 Å². The van der Waals surface area contributed by atoms with Crippen molar-refractivity contribution in [2.45, 2.75) is 25.8 Å². The molecule has 92 valence electrons. The van der Waals surface area contributed by atoms with Crippen molar-refractivity contribution in [1.82, 2.24) is 4.90 Å². The fraction of sp³-hybridized carbons (Fsp3) is 0.462. The summed E-state index contributed by atoms with van der Waals surface area (Å²) in [7, 11) is 0. The number of benzene rings is 1. The van der Waals surface area contributed by atoms with Gasteiger partial charge >= 0.3 is 0 Å². The molecule has 0 radical (unpaired) electrons. The normalized spacial score (nSPS) is 23.9. The summed E-state index contributed by atoms with van der Waals surface area (Å²) in [5.41, 5.74) is 7.10. The zero-order valence-electron chi connectivity index (χ0n) is 10.3. The van der Waals surface area contributed by atoms with Gasteiger partial charge in [-0.25, -0.2) is 0 Å².